The van der Waals surface area contributed by atoms with E-state index in [1.165, 1.54) is 17.9 Å². The molecule has 0 saturated carbocycles. The monoisotopic (exact) mass is 92.1 g/mol. The second-order valence-corrected chi connectivity index (χ2v) is 1.35. The number of rotatable bonds is 2. The Balaban J connectivity index is 0. The van der Waals surface area contributed by atoms with E-state index in [0.717, 1.165) is 0 Å². The molecule has 0 atom stereocenters. The van der Waals surface area contributed by atoms with Gasteiger partial charge < -0.3 is 0 Å². The van der Waals surface area contributed by atoms with Crippen molar-refractivity contribution < 1.29 is 0 Å². The van der Waals surface area contributed by atoms with E-state index >= 15 is 0 Å². The van der Waals surface area contributed by atoms with Crippen LogP contribution < -0.4 is 0 Å². The molecule has 0 aliphatic carbocycles. The number of unbranched alkanes of at least 4 members (excludes halogenated alkanes) is 1. The molecular weight excluding hydrogens is 79.0 g/mol. The van der Waals surface area contributed by atoms with Crippen LogP contribution in [0.2, 0.25) is 5.09 Å². The molecule has 0 aliphatic rings. The molecule has 0 aromatic heterocycles. The van der Waals surface area contributed by atoms with Crippen molar-refractivity contribution in [3.63, 3.8) is 0 Å². The maximum absolute atomic E-state index is 3.00. The third kappa shape index (κ3) is 21.8. The van der Waals surface area contributed by atoms with Crippen LogP contribution in [-0.4, -0.2) is 17.7 Å². The molecule has 38 valence electrons. The molecule has 0 amide bonds. The fourth-order valence-corrected chi connectivity index (χ4v) is 0.354. The minimum atomic E-state index is 1.34. The summed E-state index contributed by atoms with van der Waals surface area (Å²) in [6.07, 6.45) is 2.73. The van der Waals surface area contributed by atoms with Crippen LogP contribution in [0.3, 0.4) is 0 Å². The van der Waals surface area contributed by atoms with Gasteiger partial charge >= 0.3 is 42.6 Å². The summed E-state index contributed by atoms with van der Waals surface area (Å²) in [5.74, 6) is 0. The second-order valence-electron chi connectivity index (χ2n) is 1.35. The van der Waals surface area contributed by atoms with Gasteiger partial charge in [-0.2, -0.15) is 0 Å². The average molecular weight is 92.1 g/mol. The van der Waals surface area contributed by atoms with Gasteiger partial charge in [-0.15, -0.1) is 13.2 Å². The zero-order valence-electron chi connectivity index (χ0n) is 5.54. The van der Waals surface area contributed by atoms with Crippen LogP contribution >= 0.6 is 0 Å². The van der Waals surface area contributed by atoms with Crippen molar-refractivity contribution in [1.29, 1.82) is 0 Å². The van der Waals surface area contributed by atoms with Crippen LogP contribution in [0.4, 0.5) is 0 Å². The van der Waals surface area contributed by atoms with Crippen LogP contribution in [0.15, 0.2) is 13.2 Å². The molecule has 0 fully saturated rings. The SMILES string of the molecule is C=C.[Li][CH2]CCC. The van der Waals surface area contributed by atoms with Gasteiger partial charge in [0.25, 0.3) is 0 Å². The Morgan fingerprint density at radius 3 is 1.86 bits per heavy atom. The molecule has 0 bridgehead atoms. The van der Waals surface area contributed by atoms with Crippen molar-refractivity contribution in [2.24, 2.45) is 0 Å². The van der Waals surface area contributed by atoms with Crippen molar-refractivity contribution in [2.45, 2.75) is 24.9 Å². The molecule has 0 N–H and O–H groups in total. The molecule has 0 aromatic rings. The Morgan fingerprint density at radius 1 is 1.43 bits per heavy atom. The summed E-state index contributed by atoms with van der Waals surface area (Å²) >= 11 is 2.21. The van der Waals surface area contributed by atoms with Crippen molar-refractivity contribution >= 4 is 17.7 Å². The van der Waals surface area contributed by atoms with Gasteiger partial charge in [-0.05, 0) is 0 Å². The normalized spacial score (nSPS) is 6.71. The summed E-state index contributed by atoms with van der Waals surface area (Å²) in [6.45, 7) is 8.21. The molecule has 0 radical (unpaired) electrons. The Bertz CT molecular complexity index is 18.1. The minimum absolute atomic E-state index is 1.34. The first-order valence-corrected chi connectivity index (χ1v) is 2.91. The van der Waals surface area contributed by atoms with Gasteiger partial charge in [0.05, 0.1) is 0 Å². The Hall–Kier alpha value is 0.337. The van der Waals surface area contributed by atoms with E-state index < -0.39 is 0 Å². The van der Waals surface area contributed by atoms with Gasteiger partial charge in [0.1, 0.15) is 0 Å². The average Bonchev–Trinajstić information content (AvgIpc) is 1.75. The Kier molecular flexibility index (Phi) is 24.0. The van der Waals surface area contributed by atoms with Crippen molar-refractivity contribution in [3.8, 4) is 0 Å². The predicted molar refractivity (Wildman–Crippen MR) is 36.7 cm³/mol. The van der Waals surface area contributed by atoms with Gasteiger partial charge in [-0.25, -0.2) is 0 Å². The maximum atomic E-state index is 3.00. The van der Waals surface area contributed by atoms with Crippen molar-refractivity contribution in [1.82, 2.24) is 0 Å². The first-order chi connectivity index (χ1) is 3.41. The van der Waals surface area contributed by atoms with Crippen LogP contribution in [0.1, 0.15) is 19.8 Å². The van der Waals surface area contributed by atoms with Gasteiger partial charge in [-0.1, -0.05) is 0 Å². The molecule has 0 heterocycles. The molecular formula is C6H13Li. The van der Waals surface area contributed by atoms with Crippen molar-refractivity contribution in [3.05, 3.63) is 13.2 Å². The number of hydrogen-bond acceptors (Lipinski definition) is 0. The quantitative estimate of drug-likeness (QED) is 0.361. The molecule has 0 aliphatic heterocycles. The fourth-order valence-electron chi connectivity index (χ4n) is 0.354. The summed E-state index contributed by atoms with van der Waals surface area (Å²) < 4.78 is 0. The van der Waals surface area contributed by atoms with E-state index in [-0.39, 0.29) is 0 Å². The second kappa shape index (κ2) is 16.2. The fraction of sp³-hybridized carbons (Fsp3) is 0.667. The van der Waals surface area contributed by atoms with E-state index in [1.807, 2.05) is 0 Å². The summed E-state index contributed by atoms with van der Waals surface area (Å²) in [5, 5.41) is 1.34. The van der Waals surface area contributed by atoms with Crippen molar-refractivity contribution in [2.75, 3.05) is 0 Å². The van der Waals surface area contributed by atoms with E-state index in [9.17, 15) is 0 Å². The van der Waals surface area contributed by atoms with Crippen LogP contribution in [0.25, 0.3) is 0 Å². The molecule has 0 saturated heterocycles. The predicted octanol–water partition coefficient (Wildman–Crippen LogP) is 2.18. The van der Waals surface area contributed by atoms with Gasteiger partial charge in [0, 0.05) is 0 Å². The molecule has 0 unspecified atom stereocenters. The molecule has 1 heteroatoms. The van der Waals surface area contributed by atoms with E-state index in [0.29, 0.717) is 0 Å². The van der Waals surface area contributed by atoms with E-state index in [4.69, 9.17) is 0 Å². The molecule has 0 aromatic carbocycles. The summed E-state index contributed by atoms with van der Waals surface area (Å²) in [7, 11) is 0. The first kappa shape index (κ1) is 10.3. The summed E-state index contributed by atoms with van der Waals surface area (Å²) in [4.78, 5) is 0. The van der Waals surface area contributed by atoms with Crippen LogP contribution in [-0.2, 0) is 0 Å². The number of hydrogen-bond donors (Lipinski definition) is 0. The van der Waals surface area contributed by atoms with Gasteiger partial charge in [0.15, 0.2) is 0 Å². The van der Waals surface area contributed by atoms with E-state index in [1.54, 1.807) is 0 Å². The molecule has 0 spiro atoms. The molecule has 0 rings (SSSR count). The Morgan fingerprint density at radius 2 is 1.86 bits per heavy atom. The molecule has 7 heavy (non-hydrogen) atoms. The summed E-state index contributed by atoms with van der Waals surface area (Å²) in [6, 6.07) is 0. The summed E-state index contributed by atoms with van der Waals surface area (Å²) in [5.41, 5.74) is 0. The zero-order valence-corrected chi connectivity index (χ0v) is 5.54. The third-order valence-electron chi connectivity index (χ3n) is 0.707. The van der Waals surface area contributed by atoms with Gasteiger partial charge in [0.2, 0.25) is 0 Å². The topological polar surface area (TPSA) is 0 Å². The standard InChI is InChI=1S/C4H9.C2H4.Li/c1-3-4-2;1-2;/h1,3-4H2,2H3;1-2H2;. The first-order valence-electron chi connectivity index (χ1n) is 2.91. The van der Waals surface area contributed by atoms with Crippen LogP contribution in [0.5, 0.6) is 0 Å². The molecule has 0 nitrogen and oxygen atoms in total. The van der Waals surface area contributed by atoms with Gasteiger partial charge in [-0.3, -0.25) is 0 Å². The Labute approximate surface area is 56.2 Å². The van der Waals surface area contributed by atoms with E-state index in [2.05, 4.69) is 37.8 Å². The zero-order chi connectivity index (χ0) is 6.12. The van der Waals surface area contributed by atoms with Crippen LogP contribution in [0, 0.1) is 0 Å². The third-order valence-corrected chi connectivity index (χ3v) is 0.707.